The Labute approximate surface area is 172 Å². The van der Waals surface area contributed by atoms with Crippen LogP contribution >= 0.6 is 15.9 Å². The van der Waals surface area contributed by atoms with E-state index in [1.165, 1.54) is 6.20 Å². The maximum Gasteiger partial charge on any atom is 0.422 e. The predicted octanol–water partition coefficient (Wildman–Crippen LogP) is 3.80. The molecule has 1 unspecified atom stereocenters. The molecule has 3 rings (SSSR count). The molecular weight excluding hydrogens is 457 g/mol. The van der Waals surface area contributed by atoms with E-state index in [1.807, 2.05) is 24.3 Å². The Kier molecular flexibility index (Phi) is 6.46. The second kappa shape index (κ2) is 8.85. The van der Waals surface area contributed by atoms with Gasteiger partial charge in [-0.25, -0.2) is 9.48 Å². The number of likely N-dealkylation sites (tertiary alicyclic amines) is 1. The van der Waals surface area contributed by atoms with E-state index < -0.39 is 30.8 Å². The van der Waals surface area contributed by atoms with Crippen molar-refractivity contribution in [1.29, 1.82) is 0 Å². The molecule has 2 aromatic rings. The Morgan fingerprint density at radius 2 is 1.97 bits per heavy atom. The second-order valence-electron chi connectivity index (χ2n) is 6.51. The van der Waals surface area contributed by atoms with Crippen LogP contribution in [0.1, 0.15) is 18.4 Å². The summed E-state index contributed by atoms with van der Waals surface area (Å²) in [6, 6.07) is 8.31. The van der Waals surface area contributed by atoms with Crippen LogP contribution in [0.4, 0.5) is 23.8 Å². The summed E-state index contributed by atoms with van der Waals surface area (Å²) >= 11 is 3.36. The Balaban J connectivity index is 1.63. The van der Waals surface area contributed by atoms with Crippen LogP contribution in [0.3, 0.4) is 0 Å². The average Bonchev–Trinajstić information content (AvgIpc) is 3.31. The highest BCUT2D eigenvalue weighted by atomic mass is 79.9. The van der Waals surface area contributed by atoms with E-state index in [2.05, 4.69) is 31.1 Å². The van der Waals surface area contributed by atoms with Gasteiger partial charge in [-0.05, 0) is 30.5 Å². The van der Waals surface area contributed by atoms with Crippen molar-refractivity contribution in [2.45, 2.75) is 31.6 Å². The third-order valence-corrected chi connectivity index (χ3v) is 4.89. The number of nitrogens with zero attached hydrogens (tertiary/aromatic N) is 3. The van der Waals surface area contributed by atoms with E-state index in [0.29, 0.717) is 25.2 Å². The second-order valence-corrected chi connectivity index (χ2v) is 7.43. The lowest BCUT2D eigenvalue weighted by Crippen LogP contribution is -2.44. The van der Waals surface area contributed by atoms with Gasteiger partial charge in [-0.3, -0.25) is 9.69 Å². The van der Waals surface area contributed by atoms with Crippen molar-refractivity contribution in [3.8, 4) is 0 Å². The smallest absolute Gasteiger partial charge is 0.422 e. The van der Waals surface area contributed by atoms with E-state index >= 15 is 0 Å². The van der Waals surface area contributed by atoms with Crippen molar-refractivity contribution < 1.29 is 27.5 Å². The standard InChI is InChI=1S/C18H18BrF3N4O3/c19-13-5-3-12(4-6-13)10-26-15(7-8-23-26)24-16(27)14-2-1-9-25(14)17(28)29-11-18(20,21)22/h3-8,14H,1-2,9-11H2,(H,24,27). The van der Waals surface area contributed by atoms with Crippen molar-refractivity contribution >= 4 is 33.7 Å². The predicted molar refractivity (Wildman–Crippen MR) is 101 cm³/mol. The normalized spacial score (nSPS) is 16.7. The number of anilines is 1. The van der Waals surface area contributed by atoms with Gasteiger partial charge in [0.25, 0.3) is 0 Å². The summed E-state index contributed by atoms with van der Waals surface area (Å²) in [5, 5.41) is 6.89. The number of benzene rings is 1. The number of carbonyl (C=O) groups excluding carboxylic acids is 2. The van der Waals surface area contributed by atoms with Crippen molar-refractivity contribution in [3.05, 3.63) is 46.6 Å². The monoisotopic (exact) mass is 474 g/mol. The molecule has 29 heavy (non-hydrogen) atoms. The molecule has 1 N–H and O–H groups in total. The molecule has 1 aliphatic rings. The van der Waals surface area contributed by atoms with Crippen LogP contribution in [-0.2, 0) is 16.1 Å². The number of rotatable bonds is 5. The first kappa shape index (κ1) is 21.2. The van der Waals surface area contributed by atoms with Crippen LogP contribution in [-0.4, -0.2) is 52.1 Å². The fourth-order valence-electron chi connectivity index (χ4n) is 3.02. The Morgan fingerprint density at radius 1 is 1.24 bits per heavy atom. The molecule has 11 heteroatoms. The van der Waals surface area contributed by atoms with Crippen molar-refractivity contribution in [1.82, 2.24) is 14.7 Å². The summed E-state index contributed by atoms with van der Waals surface area (Å²) in [6.45, 7) is -1.11. The molecule has 1 aliphatic heterocycles. The summed E-state index contributed by atoms with van der Waals surface area (Å²) in [5.74, 6) is -0.0718. The molecule has 7 nitrogen and oxygen atoms in total. The molecule has 0 bridgehead atoms. The van der Waals surface area contributed by atoms with Gasteiger partial charge in [0.05, 0.1) is 12.7 Å². The summed E-state index contributed by atoms with van der Waals surface area (Å²) in [6.07, 6.45) is -3.40. The maximum absolute atomic E-state index is 12.6. The molecule has 156 valence electrons. The van der Waals surface area contributed by atoms with Gasteiger partial charge in [-0.2, -0.15) is 18.3 Å². The zero-order chi connectivity index (χ0) is 21.0. The molecule has 1 aromatic carbocycles. The van der Waals surface area contributed by atoms with Crippen LogP contribution in [0.2, 0.25) is 0 Å². The number of aromatic nitrogens is 2. The fraction of sp³-hybridized carbons (Fsp3) is 0.389. The highest BCUT2D eigenvalue weighted by Crippen LogP contribution is 2.22. The van der Waals surface area contributed by atoms with Gasteiger partial charge in [0.15, 0.2) is 6.61 Å². The zero-order valence-electron chi connectivity index (χ0n) is 15.2. The van der Waals surface area contributed by atoms with E-state index in [4.69, 9.17) is 0 Å². The first-order valence-electron chi connectivity index (χ1n) is 8.80. The molecule has 1 fully saturated rings. The van der Waals surface area contributed by atoms with E-state index in [0.717, 1.165) is 14.9 Å². The topological polar surface area (TPSA) is 76.5 Å². The fourth-order valence-corrected chi connectivity index (χ4v) is 3.29. The van der Waals surface area contributed by atoms with E-state index in [-0.39, 0.29) is 6.54 Å². The van der Waals surface area contributed by atoms with Crippen molar-refractivity contribution in [3.63, 3.8) is 0 Å². The van der Waals surface area contributed by atoms with Gasteiger partial charge in [-0.1, -0.05) is 28.1 Å². The number of amides is 2. The number of hydrogen-bond donors (Lipinski definition) is 1. The van der Waals surface area contributed by atoms with Gasteiger partial charge < -0.3 is 10.1 Å². The lowest BCUT2D eigenvalue weighted by atomic mass is 10.2. The minimum Gasteiger partial charge on any atom is -0.440 e. The van der Waals surface area contributed by atoms with E-state index in [1.54, 1.807) is 10.7 Å². The van der Waals surface area contributed by atoms with Gasteiger partial charge >= 0.3 is 12.3 Å². The summed E-state index contributed by atoms with van der Waals surface area (Å²) in [7, 11) is 0. The molecule has 0 spiro atoms. The largest absolute Gasteiger partial charge is 0.440 e. The molecule has 1 atom stereocenters. The third-order valence-electron chi connectivity index (χ3n) is 4.36. The molecule has 0 saturated carbocycles. The van der Waals surface area contributed by atoms with Gasteiger partial charge in [0, 0.05) is 17.1 Å². The zero-order valence-corrected chi connectivity index (χ0v) is 16.7. The summed E-state index contributed by atoms with van der Waals surface area (Å²) in [4.78, 5) is 25.6. The Bertz CT molecular complexity index is 870. The maximum atomic E-state index is 12.6. The number of hydrogen-bond acceptors (Lipinski definition) is 4. The van der Waals surface area contributed by atoms with Crippen LogP contribution in [0.5, 0.6) is 0 Å². The SMILES string of the molecule is O=C(Nc1ccnn1Cc1ccc(Br)cc1)C1CCCN1C(=O)OCC(F)(F)F. The number of alkyl halides is 3. The molecule has 1 aromatic heterocycles. The highest BCUT2D eigenvalue weighted by Gasteiger charge is 2.37. The van der Waals surface area contributed by atoms with Crippen molar-refractivity contribution in [2.24, 2.45) is 0 Å². The number of carbonyl (C=O) groups is 2. The Hall–Kier alpha value is -2.56. The lowest BCUT2D eigenvalue weighted by molar-refractivity contribution is -0.162. The third kappa shape index (κ3) is 5.72. The quantitative estimate of drug-likeness (QED) is 0.714. The molecular formula is C18H18BrF3N4O3. The lowest BCUT2D eigenvalue weighted by Gasteiger charge is -2.23. The first-order chi connectivity index (χ1) is 13.7. The van der Waals surface area contributed by atoms with Crippen LogP contribution in [0.25, 0.3) is 0 Å². The highest BCUT2D eigenvalue weighted by molar-refractivity contribution is 9.10. The number of nitrogens with one attached hydrogen (secondary N) is 1. The van der Waals surface area contributed by atoms with Gasteiger partial charge in [0.2, 0.25) is 5.91 Å². The van der Waals surface area contributed by atoms with E-state index in [9.17, 15) is 22.8 Å². The molecule has 0 radical (unpaired) electrons. The molecule has 1 saturated heterocycles. The molecule has 2 amide bonds. The average molecular weight is 475 g/mol. The molecule has 0 aliphatic carbocycles. The Morgan fingerprint density at radius 3 is 2.66 bits per heavy atom. The number of halogens is 4. The first-order valence-corrected chi connectivity index (χ1v) is 9.59. The summed E-state index contributed by atoms with van der Waals surface area (Å²) in [5.41, 5.74) is 0.964. The minimum atomic E-state index is -4.62. The molecule has 2 heterocycles. The summed E-state index contributed by atoms with van der Waals surface area (Å²) < 4.78 is 43.6. The van der Waals surface area contributed by atoms with Crippen LogP contribution < -0.4 is 5.32 Å². The number of ether oxygens (including phenoxy) is 1. The van der Waals surface area contributed by atoms with Crippen LogP contribution in [0.15, 0.2) is 41.0 Å². The van der Waals surface area contributed by atoms with Gasteiger partial charge in [-0.15, -0.1) is 0 Å². The minimum absolute atomic E-state index is 0.160. The van der Waals surface area contributed by atoms with Crippen LogP contribution in [0, 0.1) is 0 Å². The van der Waals surface area contributed by atoms with Crippen molar-refractivity contribution in [2.75, 3.05) is 18.5 Å². The van der Waals surface area contributed by atoms with Gasteiger partial charge in [0.1, 0.15) is 11.9 Å².